The molecule has 0 aliphatic carbocycles. The number of aromatic nitrogens is 2. The molecule has 0 bridgehead atoms. The number of carbonyl (C=O) groups excluding carboxylic acids is 1. The Labute approximate surface area is 155 Å². The molecule has 2 N–H and O–H groups in total. The second-order valence-corrected chi connectivity index (χ2v) is 7.85. The third-order valence-electron chi connectivity index (χ3n) is 4.14. The summed E-state index contributed by atoms with van der Waals surface area (Å²) in [6.45, 7) is 6.51. The number of aromatic hydroxyl groups is 1. The Balaban J connectivity index is 2.12. The molecule has 26 heavy (non-hydrogen) atoms. The zero-order chi connectivity index (χ0) is 18.8. The topological polar surface area (TPSA) is 84.2 Å². The number of thiazole rings is 1. The molecule has 2 aromatic heterocycles. The van der Waals surface area contributed by atoms with Crippen molar-refractivity contribution in [1.29, 1.82) is 0 Å². The van der Waals surface area contributed by atoms with E-state index in [1.54, 1.807) is 29.0 Å². The molecule has 0 atom stereocenters. The average molecular weight is 371 g/mol. The van der Waals surface area contributed by atoms with Crippen molar-refractivity contribution in [1.82, 2.24) is 9.55 Å². The van der Waals surface area contributed by atoms with Crippen LogP contribution in [0.15, 0.2) is 35.3 Å². The first kappa shape index (κ1) is 18.1. The minimum absolute atomic E-state index is 0.250. The van der Waals surface area contributed by atoms with E-state index in [9.17, 15) is 14.7 Å². The number of carbonyl (C=O) groups is 1. The summed E-state index contributed by atoms with van der Waals surface area (Å²) in [5.74, 6) is -0.534. The lowest BCUT2D eigenvalue weighted by molar-refractivity contribution is 0.102. The number of rotatable bonds is 5. The molecule has 1 amide bonds. The lowest BCUT2D eigenvalue weighted by Gasteiger charge is -2.15. The molecule has 7 heteroatoms. The highest BCUT2D eigenvalue weighted by atomic mass is 32.1. The van der Waals surface area contributed by atoms with Gasteiger partial charge in [-0.3, -0.25) is 14.9 Å². The van der Waals surface area contributed by atoms with Crippen LogP contribution in [-0.2, 0) is 6.54 Å². The van der Waals surface area contributed by atoms with Crippen LogP contribution in [0.2, 0.25) is 0 Å². The van der Waals surface area contributed by atoms with Gasteiger partial charge in [-0.15, -0.1) is 11.3 Å². The number of anilines is 1. The third kappa shape index (κ3) is 3.48. The van der Waals surface area contributed by atoms with Gasteiger partial charge in [-0.05, 0) is 31.4 Å². The van der Waals surface area contributed by atoms with Crippen LogP contribution in [-0.4, -0.2) is 20.6 Å². The van der Waals surface area contributed by atoms with E-state index < -0.39 is 11.5 Å². The number of nitrogens with one attached hydrogen (secondary N) is 1. The van der Waals surface area contributed by atoms with E-state index in [2.05, 4.69) is 24.1 Å². The van der Waals surface area contributed by atoms with Crippen LogP contribution < -0.4 is 10.9 Å². The molecule has 0 spiro atoms. The van der Waals surface area contributed by atoms with Crippen molar-refractivity contribution in [2.75, 3.05) is 5.32 Å². The van der Waals surface area contributed by atoms with Crippen LogP contribution in [0.3, 0.4) is 0 Å². The number of aryl methyl sites for hydroxylation is 2. The standard InChI is InChI=1S/C19H21N3O3S/c1-11(2)8-9-22-14-7-5-4-6-13(14)16(23)15(18(22)25)17(24)21-19-20-10-12(3)26-19/h4-7,10-11,23H,8-9H2,1-3H3,(H,20,21,24). The predicted octanol–water partition coefficient (Wildman–Crippen LogP) is 3.77. The summed E-state index contributed by atoms with van der Waals surface area (Å²) in [4.78, 5) is 30.7. The molecule has 6 nitrogen and oxygen atoms in total. The van der Waals surface area contributed by atoms with E-state index in [4.69, 9.17) is 0 Å². The largest absolute Gasteiger partial charge is 0.506 e. The van der Waals surface area contributed by atoms with Crippen LogP contribution in [0.1, 0.15) is 35.5 Å². The SMILES string of the molecule is Cc1cnc(NC(=O)c2c(O)c3ccccc3n(CCC(C)C)c2=O)s1. The summed E-state index contributed by atoms with van der Waals surface area (Å²) in [5.41, 5.74) is -0.120. The van der Waals surface area contributed by atoms with Crippen molar-refractivity contribution in [2.24, 2.45) is 5.92 Å². The van der Waals surface area contributed by atoms with Gasteiger partial charge in [0.15, 0.2) is 5.13 Å². The minimum Gasteiger partial charge on any atom is -0.506 e. The van der Waals surface area contributed by atoms with E-state index in [1.807, 2.05) is 13.0 Å². The van der Waals surface area contributed by atoms with Crippen molar-refractivity contribution < 1.29 is 9.90 Å². The number of fused-ring (bicyclic) bond motifs is 1. The van der Waals surface area contributed by atoms with Gasteiger partial charge in [0.1, 0.15) is 11.3 Å². The molecule has 3 rings (SSSR count). The molecule has 0 saturated heterocycles. The Hall–Kier alpha value is -2.67. The van der Waals surface area contributed by atoms with Gasteiger partial charge in [0.25, 0.3) is 11.5 Å². The zero-order valence-electron chi connectivity index (χ0n) is 14.9. The van der Waals surface area contributed by atoms with E-state index in [-0.39, 0.29) is 11.3 Å². The molecule has 3 aromatic rings. The normalized spacial score (nSPS) is 11.2. The van der Waals surface area contributed by atoms with Crippen molar-refractivity contribution in [3.8, 4) is 5.75 Å². The fraction of sp³-hybridized carbons (Fsp3) is 0.316. The maximum atomic E-state index is 13.0. The lowest BCUT2D eigenvalue weighted by Crippen LogP contribution is -2.30. The average Bonchev–Trinajstić information content (AvgIpc) is 2.99. The smallest absolute Gasteiger partial charge is 0.267 e. The molecular weight excluding hydrogens is 350 g/mol. The van der Waals surface area contributed by atoms with Gasteiger partial charge in [0.05, 0.1) is 5.52 Å². The monoisotopic (exact) mass is 371 g/mol. The molecule has 2 heterocycles. The maximum Gasteiger partial charge on any atom is 0.267 e. The Kier molecular flexibility index (Phi) is 5.08. The quantitative estimate of drug-likeness (QED) is 0.715. The third-order valence-corrected chi connectivity index (χ3v) is 4.97. The first-order valence-electron chi connectivity index (χ1n) is 8.46. The summed E-state index contributed by atoms with van der Waals surface area (Å²) >= 11 is 1.31. The number of hydrogen-bond acceptors (Lipinski definition) is 5. The van der Waals surface area contributed by atoms with E-state index in [1.165, 1.54) is 11.3 Å². The van der Waals surface area contributed by atoms with Gasteiger partial charge in [0.2, 0.25) is 0 Å². The van der Waals surface area contributed by atoms with E-state index in [0.717, 1.165) is 11.3 Å². The highest BCUT2D eigenvalue weighted by Crippen LogP contribution is 2.27. The Morgan fingerprint density at radius 1 is 1.35 bits per heavy atom. The summed E-state index contributed by atoms with van der Waals surface area (Å²) in [7, 11) is 0. The van der Waals surface area contributed by atoms with Crippen molar-refractivity contribution >= 4 is 33.3 Å². The predicted molar refractivity (Wildman–Crippen MR) is 104 cm³/mol. The first-order chi connectivity index (χ1) is 12.4. The molecule has 0 fully saturated rings. The maximum absolute atomic E-state index is 13.0. The fourth-order valence-corrected chi connectivity index (χ4v) is 3.44. The van der Waals surface area contributed by atoms with Gasteiger partial charge in [-0.1, -0.05) is 26.0 Å². The Bertz CT molecular complexity index is 1020. The number of amides is 1. The first-order valence-corrected chi connectivity index (χ1v) is 9.28. The molecule has 0 radical (unpaired) electrons. The second kappa shape index (κ2) is 7.29. The van der Waals surface area contributed by atoms with Crippen LogP contribution in [0.4, 0.5) is 5.13 Å². The number of pyridine rings is 1. The van der Waals surface area contributed by atoms with Gasteiger partial charge in [-0.2, -0.15) is 0 Å². The number of nitrogens with zero attached hydrogens (tertiary/aromatic N) is 2. The summed E-state index contributed by atoms with van der Waals surface area (Å²) in [5, 5.41) is 14.1. The molecule has 0 aliphatic heterocycles. The van der Waals surface area contributed by atoms with Gasteiger partial charge in [-0.25, -0.2) is 4.98 Å². The van der Waals surface area contributed by atoms with Crippen LogP contribution in [0.25, 0.3) is 10.9 Å². The van der Waals surface area contributed by atoms with Gasteiger partial charge < -0.3 is 9.67 Å². The van der Waals surface area contributed by atoms with Crippen molar-refractivity contribution in [2.45, 2.75) is 33.7 Å². The van der Waals surface area contributed by atoms with Crippen LogP contribution in [0, 0.1) is 12.8 Å². The summed E-state index contributed by atoms with van der Waals surface area (Å²) < 4.78 is 1.57. The lowest BCUT2D eigenvalue weighted by atomic mass is 10.1. The van der Waals surface area contributed by atoms with Crippen molar-refractivity contribution in [3.05, 3.63) is 51.3 Å². The molecule has 0 aliphatic rings. The van der Waals surface area contributed by atoms with Crippen LogP contribution >= 0.6 is 11.3 Å². The summed E-state index contributed by atoms with van der Waals surface area (Å²) in [6.07, 6.45) is 2.43. The molecule has 0 unspecified atom stereocenters. The van der Waals surface area contributed by atoms with Gasteiger partial charge >= 0.3 is 0 Å². The second-order valence-electron chi connectivity index (χ2n) is 6.61. The molecule has 136 valence electrons. The van der Waals surface area contributed by atoms with Crippen molar-refractivity contribution in [3.63, 3.8) is 0 Å². The van der Waals surface area contributed by atoms with E-state index >= 15 is 0 Å². The molecule has 1 aromatic carbocycles. The highest BCUT2D eigenvalue weighted by molar-refractivity contribution is 7.15. The van der Waals surface area contributed by atoms with E-state index in [0.29, 0.717) is 28.5 Å². The Morgan fingerprint density at radius 2 is 2.08 bits per heavy atom. The fourth-order valence-electron chi connectivity index (χ4n) is 2.78. The number of benzene rings is 1. The molecule has 0 saturated carbocycles. The zero-order valence-corrected chi connectivity index (χ0v) is 15.8. The Morgan fingerprint density at radius 3 is 2.73 bits per heavy atom. The van der Waals surface area contributed by atoms with Gasteiger partial charge in [0, 0.05) is 23.0 Å². The number of hydrogen-bond donors (Lipinski definition) is 2. The number of para-hydroxylation sites is 1. The van der Waals surface area contributed by atoms with Crippen LogP contribution in [0.5, 0.6) is 5.75 Å². The highest BCUT2D eigenvalue weighted by Gasteiger charge is 2.23. The minimum atomic E-state index is -0.647. The summed E-state index contributed by atoms with van der Waals surface area (Å²) in [6, 6.07) is 7.07. The molecular formula is C19H21N3O3S.